The summed E-state index contributed by atoms with van der Waals surface area (Å²) < 4.78 is 0. The molecule has 0 aliphatic rings. The molecule has 4 heteroatoms. The second kappa shape index (κ2) is 6.19. The molecule has 0 aromatic carbocycles. The maximum Gasteiger partial charge on any atom is 0.227 e. The Labute approximate surface area is 89.3 Å². The van der Waals surface area contributed by atoms with E-state index in [-0.39, 0.29) is 12.2 Å². The van der Waals surface area contributed by atoms with Crippen molar-refractivity contribution in [2.24, 2.45) is 0 Å². The minimum absolute atomic E-state index is 0.277. The quantitative estimate of drug-likeness (QED) is 0.690. The average molecular weight is 218 g/mol. The summed E-state index contributed by atoms with van der Waals surface area (Å²) in [6.45, 7) is 5.07. The van der Waals surface area contributed by atoms with Gasteiger partial charge in [-0.05, 0) is 19.1 Å². The van der Waals surface area contributed by atoms with E-state index >= 15 is 0 Å². The Morgan fingerprint density at radius 1 is 1.36 bits per heavy atom. The van der Waals surface area contributed by atoms with Crippen LogP contribution in [0.5, 0.6) is 0 Å². The lowest BCUT2D eigenvalue weighted by Gasteiger charge is -2.19. The molecule has 0 aliphatic heterocycles. The van der Waals surface area contributed by atoms with Crippen LogP contribution < -0.4 is 0 Å². The molecule has 1 N–H and O–H groups in total. The zero-order valence-electron chi connectivity index (χ0n) is 9.00. The van der Waals surface area contributed by atoms with E-state index in [0.29, 0.717) is 5.75 Å². The smallest absolute Gasteiger partial charge is 0.227 e. The number of carbonyl (C=O) groups is 2. The number of carbonyl (C=O) groups excluding carboxylic acids is 2. The first-order valence-corrected chi connectivity index (χ1v) is 5.88. The molecule has 0 fully saturated rings. The van der Waals surface area contributed by atoms with Gasteiger partial charge in [0.15, 0.2) is 11.4 Å². The molecular weight excluding hydrogens is 200 g/mol. The van der Waals surface area contributed by atoms with Gasteiger partial charge in [-0.1, -0.05) is 32.0 Å². The molecule has 1 atom stereocenters. The number of unbranched alkanes of at least 4 members (excludes halogenated alkanes) is 1. The van der Waals surface area contributed by atoms with Crippen molar-refractivity contribution in [1.29, 1.82) is 0 Å². The zero-order chi connectivity index (χ0) is 11.2. The number of aliphatic hydroxyl groups is 1. The predicted octanol–water partition coefficient (Wildman–Crippen LogP) is 1.78. The first kappa shape index (κ1) is 13.7. The van der Waals surface area contributed by atoms with Gasteiger partial charge in [0.1, 0.15) is 0 Å². The first-order valence-electron chi connectivity index (χ1n) is 4.89. The van der Waals surface area contributed by atoms with Gasteiger partial charge in [-0.3, -0.25) is 9.59 Å². The van der Waals surface area contributed by atoms with E-state index in [4.69, 9.17) is 0 Å². The van der Waals surface area contributed by atoms with Gasteiger partial charge < -0.3 is 5.11 Å². The Kier molecular flexibility index (Phi) is 6.04. The van der Waals surface area contributed by atoms with Crippen molar-refractivity contribution in [2.75, 3.05) is 5.75 Å². The average Bonchev–Trinajstić information content (AvgIpc) is 2.14. The van der Waals surface area contributed by atoms with Gasteiger partial charge in [0, 0.05) is 6.42 Å². The number of ketones is 1. The van der Waals surface area contributed by atoms with Gasteiger partial charge in [-0.15, -0.1) is 0 Å². The number of hydrogen-bond donors (Lipinski definition) is 1. The molecule has 0 heterocycles. The highest BCUT2D eigenvalue weighted by atomic mass is 32.2. The van der Waals surface area contributed by atoms with Crippen LogP contribution in [0.1, 0.15) is 40.0 Å². The summed E-state index contributed by atoms with van der Waals surface area (Å²) in [7, 11) is 0. The molecule has 0 aromatic rings. The fourth-order valence-corrected chi connectivity index (χ4v) is 1.62. The third-order valence-electron chi connectivity index (χ3n) is 1.97. The normalized spacial score (nSPS) is 14.9. The molecule has 0 rings (SSSR count). The molecule has 0 amide bonds. The van der Waals surface area contributed by atoms with Crippen LogP contribution in [-0.4, -0.2) is 27.4 Å². The third kappa shape index (κ3) is 3.80. The van der Waals surface area contributed by atoms with Crippen molar-refractivity contribution in [2.45, 2.75) is 45.6 Å². The molecule has 0 radical (unpaired) electrons. The van der Waals surface area contributed by atoms with Crippen molar-refractivity contribution in [3.8, 4) is 0 Å². The van der Waals surface area contributed by atoms with Gasteiger partial charge >= 0.3 is 0 Å². The molecular formula is C10H18O3S. The lowest BCUT2D eigenvalue weighted by molar-refractivity contribution is -0.143. The van der Waals surface area contributed by atoms with Crippen LogP contribution >= 0.6 is 11.8 Å². The van der Waals surface area contributed by atoms with E-state index in [1.165, 1.54) is 6.92 Å². The summed E-state index contributed by atoms with van der Waals surface area (Å²) in [4.78, 5) is 22.8. The SMILES string of the molecule is CCCCC(=O)C(C)(O)C(=O)SCC. The molecule has 0 aromatic heterocycles. The molecule has 0 bridgehead atoms. The number of hydrogen-bond acceptors (Lipinski definition) is 4. The number of rotatable bonds is 6. The van der Waals surface area contributed by atoms with Gasteiger partial charge in [0.05, 0.1) is 0 Å². The van der Waals surface area contributed by atoms with Crippen molar-refractivity contribution in [3.05, 3.63) is 0 Å². The highest BCUT2D eigenvalue weighted by Gasteiger charge is 2.37. The summed E-state index contributed by atoms with van der Waals surface area (Å²) >= 11 is 0.990. The molecule has 0 spiro atoms. The molecule has 14 heavy (non-hydrogen) atoms. The monoisotopic (exact) mass is 218 g/mol. The van der Waals surface area contributed by atoms with Gasteiger partial charge in [0.25, 0.3) is 0 Å². The van der Waals surface area contributed by atoms with Gasteiger partial charge in [-0.2, -0.15) is 0 Å². The minimum atomic E-state index is -1.80. The summed E-state index contributed by atoms with van der Waals surface area (Å²) in [6, 6.07) is 0. The van der Waals surface area contributed by atoms with Crippen LogP contribution in [0.4, 0.5) is 0 Å². The summed E-state index contributed by atoms with van der Waals surface area (Å²) in [5.74, 6) is 0.209. The van der Waals surface area contributed by atoms with Crippen LogP contribution in [0.25, 0.3) is 0 Å². The predicted molar refractivity (Wildman–Crippen MR) is 58.3 cm³/mol. The van der Waals surface area contributed by atoms with E-state index in [0.717, 1.165) is 24.6 Å². The topological polar surface area (TPSA) is 54.4 Å². The van der Waals surface area contributed by atoms with E-state index in [2.05, 4.69) is 0 Å². The van der Waals surface area contributed by atoms with Crippen molar-refractivity contribution >= 4 is 22.7 Å². The molecule has 0 aliphatic carbocycles. The summed E-state index contributed by atoms with van der Waals surface area (Å²) in [6.07, 6.45) is 1.88. The fourth-order valence-electron chi connectivity index (χ4n) is 0.966. The van der Waals surface area contributed by atoms with Crippen LogP contribution in [0.15, 0.2) is 0 Å². The van der Waals surface area contributed by atoms with Crippen LogP contribution in [0.3, 0.4) is 0 Å². The first-order chi connectivity index (χ1) is 6.46. The van der Waals surface area contributed by atoms with Crippen LogP contribution in [0, 0.1) is 0 Å². The van der Waals surface area contributed by atoms with Crippen LogP contribution in [-0.2, 0) is 9.59 Å². The van der Waals surface area contributed by atoms with Crippen molar-refractivity contribution in [3.63, 3.8) is 0 Å². The standard InChI is InChI=1S/C10H18O3S/c1-4-6-7-8(11)10(3,13)9(12)14-5-2/h13H,4-7H2,1-3H3. The molecule has 1 unspecified atom stereocenters. The zero-order valence-corrected chi connectivity index (χ0v) is 9.82. The van der Waals surface area contributed by atoms with Gasteiger partial charge in [0.2, 0.25) is 5.12 Å². The Bertz CT molecular complexity index is 211. The summed E-state index contributed by atoms with van der Waals surface area (Å²) in [5, 5.41) is 9.25. The lowest BCUT2D eigenvalue weighted by Crippen LogP contribution is -2.42. The minimum Gasteiger partial charge on any atom is -0.374 e. The van der Waals surface area contributed by atoms with E-state index in [1.807, 2.05) is 13.8 Å². The maximum atomic E-state index is 11.5. The Morgan fingerprint density at radius 2 is 1.93 bits per heavy atom. The highest BCUT2D eigenvalue weighted by Crippen LogP contribution is 2.18. The van der Waals surface area contributed by atoms with E-state index in [1.54, 1.807) is 0 Å². The third-order valence-corrected chi connectivity index (χ3v) is 2.92. The maximum absolute atomic E-state index is 11.5. The van der Waals surface area contributed by atoms with Crippen LogP contribution in [0.2, 0.25) is 0 Å². The van der Waals surface area contributed by atoms with E-state index < -0.39 is 10.7 Å². The molecule has 82 valence electrons. The lowest BCUT2D eigenvalue weighted by atomic mass is 9.98. The fraction of sp³-hybridized carbons (Fsp3) is 0.800. The Balaban J connectivity index is 4.28. The molecule has 0 saturated carbocycles. The van der Waals surface area contributed by atoms with E-state index in [9.17, 15) is 14.7 Å². The molecule has 3 nitrogen and oxygen atoms in total. The van der Waals surface area contributed by atoms with Crippen molar-refractivity contribution < 1.29 is 14.7 Å². The largest absolute Gasteiger partial charge is 0.374 e. The Hall–Kier alpha value is -0.350. The number of Topliss-reactive ketones (excluding diaryl/α,β-unsaturated/α-hetero) is 1. The second-order valence-corrected chi connectivity index (χ2v) is 4.56. The number of thioether (sulfide) groups is 1. The van der Waals surface area contributed by atoms with Gasteiger partial charge in [-0.25, -0.2) is 0 Å². The highest BCUT2D eigenvalue weighted by molar-refractivity contribution is 8.13. The van der Waals surface area contributed by atoms with Crippen molar-refractivity contribution in [1.82, 2.24) is 0 Å². The Morgan fingerprint density at radius 3 is 2.36 bits per heavy atom. The molecule has 0 saturated heterocycles. The summed E-state index contributed by atoms with van der Waals surface area (Å²) in [5.41, 5.74) is -1.80. The second-order valence-electron chi connectivity index (χ2n) is 3.32.